The first-order chi connectivity index (χ1) is 2.77. The fourth-order valence-corrected chi connectivity index (χ4v) is 0.512. The van der Waals surface area contributed by atoms with Crippen molar-refractivity contribution in [2.75, 3.05) is 12.0 Å². The average Bonchev–Trinajstić information content (AvgIpc) is 1.35. The number of nitrogens with two attached hydrogens (primary N) is 1. The maximum atomic E-state index is 8.31. The van der Waals surface area contributed by atoms with Gasteiger partial charge < -0.3 is 10.8 Å². The molecule has 0 aromatic heterocycles. The van der Waals surface area contributed by atoms with Crippen LogP contribution in [0.4, 0.5) is 0 Å². The molecule has 0 spiro atoms. The van der Waals surface area contributed by atoms with Gasteiger partial charge in [0.1, 0.15) is 6.23 Å². The van der Waals surface area contributed by atoms with Gasteiger partial charge in [0.05, 0.1) is 0 Å². The van der Waals surface area contributed by atoms with Crippen LogP contribution in [-0.4, -0.2) is 23.3 Å². The van der Waals surface area contributed by atoms with Gasteiger partial charge in [0, 0.05) is 5.75 Å². The van der Waals surface area contributed by atoms with Crippen molar-refractivity contribution in [2.24, 2.45) is 5.73 Å². The molecule has 0 amide bonds. The van der Waals surface area contributed by atoms with Crippen LogP contribution in [0.25, 0.3) is 0 Å². The summed E-state index contributed by atoms with van der Waals surface area (Å²) in [5, 5.41) is 8.31. The molecule has 1 atom stereocenters. The van der Waals surface area contributed by atoms with Gasteiger partial charge >= 0.3 is 0 Å². The third kappa shape index (κ3) is 4.27. The van der Waals surface area contributed by atoms with Crippen LogP contribution in [0.3, 0.4) is 0 Å². The first-order valence-electron chi connectivity index (χ1n) is 1.70. The second-order valence-electron chi connectivity index (χ2n) is 1.02. The fourth-order valence-electron chi connectivity index (χ4n) is 0.171. The van der Waals surface area contributed by atoms with E-state index in [9.17, 15) is 0 Å². The number of aliphatic hydroxyl groups is 1. The molecule has 3 heteroatoms. The molecule has 0 rings (SSSR count). The van der Waals surface area contributed by atoms with Crippen LogP contribution in [0.15, 0.2) is 0 Å². The molecule has 6 heavy (non-hydrogen) atoms. The van der Waals surface area contributed by atoms with Crippen LogP contribution in [0.5, 0.6) is 0 Å². The van der Waals surface area contributed by atoms with E-state index in [-0.39, 0.29) is 0 Å². The number of aliphatic hydroxyl groups excluding tert-OH is 1. The fraction of sp³-hybridized carbons (Fsp3) is 1.00. The Morgan fingerprint density at radius 3 is 2.50 bits per heavy atom. The Bertz CT molecular complexity index is 32.0. The van der Waals surface area contributed by atoms with Crippen LogP contribution in [0, 0.1) is 0 Å². The first-order valence-corrected chi connectivity index (χ1v) is 3.09. The summed E-state index contributed by atoms with van der Waals surface area (Å²) in [6.45, 7) is 0. The van der Waals surface area contributed by atoms with Crippen LogP contribution in [0.2, 0.25) is 0 Å². The minimum absolute atomic E-state index is 0.625. The molecule has 0 saturated carbocycles. The highest BCUT2D eigenvalue weighted by molar-refractivity contribution is 7.98. The van der Waals surface area contributed by atoms with Crippen molar-refractivity contribution in [1.29, 1.82) is 0 Å². The Balaban J connectivity index is 2.63. The van der Waals surface area contributed by atoms with Gasteiger partial charge in [0.25, 0.3) is 0 Å². The molecule has 1 unspecified atom stereocenters. The Kier molecular flexibility index (Phi) is 3.62. The smallest absolute Gasteiger partial charge is 0.111 e. The maximum absolute atomic E-state index is 8.31. The zero-order chi connectivity index (χ0) is 4.99. The van der Waals surface area contributed by atoms with Crippen molar-refractivity contribution in [3.05, 3.63) is 0 Å². The molecule has 0 radical (unpaired) electrons. The van der Waals surface area contributed by atoms with E-state index in [1.54, 1.807) is 0 Å². The summed E-state index contributed by atoms with van der Waals surface area (Å²) >= 11 is 1.53. The average molecular weight is 107 g/mol. The van der Waals surface area contributed by atoms with Crippen LogP contribution < -0.4 is 5.73 Å². The van der Waals surface area contributed by atoms with Gasteiger partial charge in [-0.1, -0.05) is 0 Å². The molecule has 2 nitrogen and oxygen atoms in total. The van der Waals surface area contributed by atoms with Crippen LogP contribution >= 0.6 is 11.8 Å². The van der Waals surface area contributed by atoms with Crippen molar-refractivity contribution in [3.8, 4) is 0 Å². The number of hydrogen-bond donors (Lipinski definition) is 2. The summed E-state index contributed by atoms with van der Waals surface area (Å²) in [6.07, 6.45) is 1.26. The Hall–Kier alpha value is 0.270. The van der Waals surface area contributed by atoms with E-state index in [1.807, 2.05) is 6.26 Å². The number of rotatable bonds is 2. The SMILES string of the molecule is CSCC(N)O. The number of hydrogen-bond acceptors (Lipinski definition) is 3. The molecule has 3 N–H and O–H groups in total. The Morgan fingerprint density at radius 1 is 2.00 bits per heavy atom. The van der Waals surface area contributed by atoms with E-state index in [0.29, 0.717) is 5.75 Å². The molecule has 0 bridgehead atoms. The van der Waals surface area contributed by atoms with Gasteiger partial charge in [0.2, 0.25) is 0 Å². The quantitative estimate of drug-likeness (QED) is 0.473. The highest BCUT2D eigenvalue weighted by Crippen LogP contribution is 1.89. The van der Waals surface area contributed by atoms with Crippen molar-refractivity contribution in [2.45, 2.75) is 6.23 Å². The van der Waals surface area contributed by atoms with E-state index in [1.165, 1.54) is 11.8 Å². The minimum Gasteiger partial charge on any atom is -0.378 e. The summed E-state index contributed by atoms with van der Waals surface area (Å²) < 4.78 is 0. The molecule has 0 saturated heterocycles. The monoisotopic (exact) mass is 107 g/mol. The lowest BCUT2D eigenvalue weighted by molar-refractivity contribution is 0.208. The van der Waals surface area contributed by atoms with E-state index >= 15 is 0 Å². The Labute approximate surface area is 41.7 Å². The van der Waals surface area contributed by atoms with Gasteiger partial charge in [-0.15, -0.1) is 0 Å². The zero-order valence-corrected chi connectivity index (χ0v) is 4.53. The lowest BCUT2D eigenvalue weighted by atomic mass is 10.7. The van der Waals surface area contributed by atoms with Gasteiger partial charge in [-0.2, -0.15) is 11.8 Å². The third-order valence-corrected chi connectivity index (χ3v) is 1.01. The lowest BCUT2D eigenvalue weighted by Gasteiger charge is -1.96. The standard InChI is InChI=1S/C3H9NOS/c1-6-2-3(4)5/h3,5H,2,4H2,1H3. The Morgan fingerprint density at radius 2 is 2.50 bits per heavy atom. The molecule has 0 aliphatic heterocycles. The van der Waals surface area contributed by atoms with E-state index in [2.05, 4.69) is 0 Å². The summed E-state index contributed by atoms with van der Waals surface area (Å²) in [7, 11) is 0. The predicted octanol–water partition coefficient (Wildman–Crippen LogP) is -0.373. The van der Waals surface area contributed by atoms with Crippen molar-refractivity contribution in [3.63, 3.8) is 0 Å². The minimum atomic E-state index is -0.639. The highest BCUT2D eigenvalue weighted by Gasteiger charge is 1.87. The zero-order valence-electron chi connectivity index (χ0n) is 3.72. The molecule has 38 valence electrons. The van der Waals surface area contributed by atoms with Gasteiger partial charge in [-0.25, -0.2) is 0 Å². The molecular formula is C3H9NOS. The maximum Gasteiger partial charge on any atom is 0.111 e. The van der Waals surface area contributed by atoms with Gasteiger partial charge in [-0.05, 0) is 6.26 Å². The summed E-state index contributed by atoms with van der Waals surface area (Å²) in [4.78, 5) is 0. The predicted molar refractivity (Wildman–Crippen MR) is 28.6 cm³/mol. The molecule has 0 aromatic rings. The second kappa shape index (κ2) is 3.46. The molecule has 0 fully saturated rings. The normalized spacial score (nSPS) is 14.5. The first kappa shape index (κ1) is 6.27. The van der Waals surface area contributed by atoms with Crippen molar-refractivity contribution < 1.29 is 5.11 Å². The topological polar surface area (TPSA) is 46.2 Å². The van der Waals surface area contributed by atoms with E-state index < -0.39 is 6.23 Å². The molecule has 0 aliphatic carbocycles. The largest absolute Gasteiger partial charge is 0.378 e. The van der Waals surface area contributed by atoms with E-state index in [0.717, 1.165) is 0 Å². The molecule has 0 aliphatic rings. The summed E-state index contributed by atoms with van der Waals surface area (Å²) in [5.74, 6) is 0.625. The molecule has 0 heterocycles. The summed E-state index contributed by atoms with van der Waals surface area (Å²) in [5.41, 5.74) is 4.94. The third-order valence-electron chi connectivity index (χ3n) is 0.337. The lowest BCUT2D eigenvalue weighted by Crippen LogP contribution is -2.20. The van der Waals surface area contributed by atoms with Crippen LogP contribution in [-0.2, 0) is 0 Å². The molecular weight excluding hydrogens is 98.1 g/mol. The number of thioether (sulfide) groups is 1. The summed E-state index contributed by atoms with van der Waals surface area (Å²) in [6, 6.07) is 0. The van der Waals surface area contributed by atoms with Gasteiger partial charge in [0.15, 0.2) is 0 Å². The molecule has 0 aromatic carbocycles. The van der Waals surface area contributed by atoms with Crippen molar-refractivity contribution in [1.82, 2.24) is 0 Å². The highest BCUT2D eigenvalue weighted by atomic mass is 32.2. The van der Waals surface area contributed by atoms with Crippen LogP contribution in [0.1, 0.15) is 0 Å². The second-order valence-corrected chi connectivity index (χ2v) is 1.93. The van der Waals surface area contributed by atoms with Gasteiger partial charge in [-0.3, -0.25) is 0 Å². The van der Waals surface area contributed by atoms with E-state index in [4.69, 9.17) is 10.8 Å². The van der Waals surface area contributed by atoms with Crippen molar-refractivity contribution >= 4 is 11.8 Å².